The highest BCUT2D eigenvalue weighted by Crippen LogP contribution is 2.28. The van der Waals surface area contributed by atoms with E-state index in [1.807, 2.05) is 4.90 Å². The van der Waals surface area contributed by atoms with Crippen molar-refractivity contribution in [3.8, 4) is 6.07 Å². The Kier molecular flexibility index (Phi) is 3.52. The summed E-state index contributed by atoms with van der Waals surface area (Å²) in [7, 11) is 0. The van der Waals surface area contributed by atoms with Crippen molar-refractivity contribution in [2.24, 2.45) is 5.92 Å². The Morgan fingerprint density at radius 1 is 1.47 bits per heavy atom. The average molecular weight is 258 g/mol. The molecule has 2 rings (SSSR count). The van der Waals surface area contributed by atoms with Crippen LogP contribution in [0.15, 0.2) is 18.2 Å². The number of carbonyl (C=O) groups excluding carboxylic acids is 1. The molecule has 0 amide bonds. The van der Waals surface area contributed by atoms with Gasteiger partial charge in [-0.15, -0.1) is 0 Å². The number of Topliss-reactive ketones (excluding diaryl/α,β-unsaturated/α-hetero) is 1. The molecule has 1 saturated heterocycles. The Morgan fingerprint density at radius 2 is 2.21 bits per heavy atom. The molecule has 0 spiro atoms. The average Bonchev–Trinajstić information content (AvgIpc) is 2.87. The molecule has 0 radical (unpaired) electrons. The first-order valence-electron chi connectivity index (χ1n) is 6.05. The highest BCUT2D eigenvalue weighted by Gasteiger charge is 2.29. The van der Waals surface area contributed by atoms with Crippen molar-refractivity contribution in [1.82, 2.24) is 0 Å². The lowest BCUT2D eigenvalue weighted by Crippen LogP contribution is -2.23. The summed E-state index contributed by atoms with van der Waals surface area (Å²) in [4.78, 5) is 24.2. The normalized spacial score (nSPS) is 18.1. The second-order valence-electron chi connectivity index (χ2n) is 4.67. The molecule has 1 aliphatic rings. The minimum Gasteiger partial charge on any atom is -0.481 e. The number of hydrogen-bond donors (Lipinski definition) is 1. The number of hydrogen-bond acceptors (Lipinski definition) is 4. The van der Waals surface area contributed by atoms with Crippen molar-refractivity contribution >= 4 is 17.4 Å². The van der Waals surface area contributed by atoms with Gasteiger partial charge in [-0.1, -0.05) is 0 Å². The summed E-state index contributed by atoms with van der Waals surface area (Å²) in [5.74, 6) is -1.30. The SMILES string of the molecule is CC(=O)c1ccc(C#N)c(N2CCC(C(=O)O)C2)c1. The first-order valence-corrected chi connectivity index (χ1v) is 6.05. The number of nitrogens with zero attached hydrogens (tertiary/aromatic N) is 2. The number of nitriles is 1. The van der Waals surface area contributed by atoms with Gasteiger partial charge in [-0.25, -0.2) is 0 Å². The van der Waals surface area contributed by atoms with E-state index in [0.29, 0.717) is 36.3 Å². The van der Waals surface area contributed by atoms with Crippen molar-refractivity contribution in [2.75, 3.05) is 18.0 Å². The predicted molar refractivity (Wildman–Crippen MR) is 69.1 cm³/mol. The zero-order valence-electron chi connectivity index (χ0n) is 10.6. The topological polar surface area (TPSA) is 81.4 Å². The summed E-state index contributed by atoms with van der Waals surface area (Å²) in [6.07, 6.45) is 0.560. The van der Waals surface area contributed by atoms with Crippen LogP contribution in [0.5, 0.6) is 0 Å². The standard InChI is InChI=1S/C14H14N2O3/c1-9(17)10-2-3-11(7-15)13(6-10)16-5-4-12(8-16)14(18)19/h2-3,6,12H,4-5,8H2,1H3,(H,18,19). The third-order valence-electron chi connectivity index (χ3n) is 3.40. The third-order valence-corrected chi connectivity index (χ3v) is 3.40. The van der Waals surface area contributed by atoms with E-state index in [1.165, 1.54) is 6.92 Å². The van der Waals surface area contributed by atoms with Gasteiger partial charge in [-0.05, 0) is 31.5 Å². The van der Waals surface area contributed by atoms with Gasteiger partial charge in [0.1, 0.15) is 6.07 Å². The van der Waals surface area contributed by atoms with E-state index in [4.69, 9.17) is 10.4 Å². The largest absolute Gasteiger partial charge is 0.481 e. The lowest BCUT2D eigenvalue weighted by atomic mass is 10.1. The minimum absolute atomic E-state index is 0.0697. The Balaban J connectivity index is 2.34. The van der Waals surface area contributed by atoms with E-state index in [9.17, 15) is 9.59 Å². The summed E-state index contributed by atoms with van der Waals surface area (Å²) < 4.78 is 0. The summed E-state index contributed by atoms with van der Waals surface area (Å²) >= 11 is 0. The molecule has 19 heavy (non-hydrogen) atoms. The van der Waals surface area contributed by atoms with Gasteiger partial charge in [0.15, 0.2) is 5.78 Å². The van der Waals surface area contributed by atoms with Crippen molar-refractivity contribution < 1.29 is 14.7 Å². The van der Waals surface area contributed by atoms with E-state index in [1.54, 1.807) is 18.2 Å². The number of carbonyl (C=O) groups is 2. The number of ketones is 1. The van der Waals surface area contributed by atoms with Crippen molar-refractivity contribution in [3.05, 3.63) is 29.3 Å². The maximum Gasteiger partial charge on any atom is 0.308 e. The van der Waals surface area contributed by atoms with Gasteiger partial charge in [-0.2, -0.15) is 5.26 Å². The number of carboxylic acids is 1. The van der Waals surface area contributed by atoms with Gasteiger partial charge in [0.25, 0.3) is 0 Å². The Morgan fingerprint density at radius 3 is 2.74 bits per heavy atom. The fourth-order valence-corrected chi connectivity index (χ4v) is 2.29. The van der Waals surface area contributed by atoms with E-state index < -0.39 is 11.9 Å². The van der Waals surface area contributed by atoms with E-state index >= 15 is 0 Å². The maximum atomic E-state index is 11.4. The molecule has 1 fully saturated rings. The molecular weight excluding hydrogens is 244 g/mol. The molecule has 1 aromatic rings. The van der Waals surface area contributed by atoms with E-state index in [-0.39, 0.29) is 5.78 Å². The summed E-state index contributed by atoms with van der Waals surface area (Å²) in [6.45, 7) is 2.44. The fraction of sp³-hybridized carbons (Fsp3) is 0.357. The molecule has 5 heteroatoms. The molecule has 1 unspecified atom stereocenters. The monoisotopic (exact) mass is 258 g/mol. The highest BCUT2D eigenvalue weighted by atomic mass is 16.4. The maximum absolute atomic E-state index is 11.4. The molecular formula is C14H14N2O3. The second-order valence-corrected chi connectivity index (χ2v) is 4.67. The second kappa shape index (κ2) is 5.11. The van der Waals surface area contributed by atoms with Crippen molar-refractivity contribution in [3.63, 3.8) is 0 Å². The first-order chi connectivity index (χ1) is 9.02. The van der Waals surface area contributed by atoms with E-state index in [2.05, 4.69) is 6.07 Å². The molecule has 0 saturated carbocycles. The van der Waals surface area contributed by atoms with Crippen LogP contribution < -0.4 is 4.90 Å². The number of benzene rings is 1. The molecule has 0 aromatic heterocycles. The van der Waals surface area contributed by atoms with Crippen LogP contribution in [0.4, 0.5) is 5.69 Å². The van der Waals surface area contributed by atoms with Gasteiger partial charge in [0.2, 0.25) is 0 Å². The Labute approximate surface area is 111 Å². The van der Waals surface area contributed by atoms with Crippen molar-refractivity contribution in [1.29, 1.82) is 5.26 Å². The molecule has 1 aliphatic heterocycles. The number of anilines is 1. The molecule has 5 nitrogen and oxygen atoms in total. The molecule has 98 valence electrons. The van der Waals surface area contributed by atoms with Crippen LogP contribution in [0.25, 0.3) is 0 Å². The highest BCUT2D eigenvalue weighted by molar-refractivity contribution is 5.95. The Bertz CT molecular complexity index is 575. The van der Waals surface area contributed by atoms with Gasteiger partial charge in [0.05, 0.1) is 17.2 Å². The smallest absolute Gasteiger partial charge is 0.308 e. The summed E-state index contributed by atoms with van der Waals surface area (Å²) in [5, 5.41) is 18.1. The zero-order chi connectivity index (χ0) is 14.0. The van der Waals surface area contributed by atoms with Crippen molar-refractivity contribution in [2.45, 2.75) is 13.3 Å². The van der Waals surface area contributed by atoms with Gasteiger partial charge in [-0.3, -0.25) is 9.59 Å². The van der Waals surface area contributed by atoms with Crippen LogP contribution in [0.1, 0.15) is 29.3 Å². The van der Waals surface area contributed by atoms with Crippen LogP contribution in [0.3, 0.4) is 0 Å². The van der Waals surface area contributed by atoms with Crippen LogP contribution in [-0.4, -0.2) is 29.9 Å². The first kappa shape index (κ1) is 13.1. The van der Waals surface area contributed by atoms with E-state index in [0.717, 1.165) is 0 Å². The zero-order valence-corrected chi connectivity index (χ0v) is 10.6. The molecule has 0 aliphatic carbocycles. The Hall–Kier alpha value is -2.35. The minimum atomic E-state index is -0.816. The lowest BCUT2D eigenvalue weighted by molar-refractivity contribution is -0.140. The third kappa shape index (κ3) is 2.58. The van der Waals surface area contributed by atoms with Gasteiger partial charge in [0, 0.05) is 18.7 Å². The molecule has 1 N–H and O–H groups in total. The number of carboxylic acid groups (broad SMARTS) is 1. The molecule has 0 bridgehead atoms. The van der Waals surface area contributed by atoms with Crippen LogP contribution in [0.2, 0.25) is 0 Å². The summed E-state index contributed by atoms with van der Waals surface area (Å²) in [6, 6.07) is 6.99. The molecule has 1 aromatic carbocycles. The lowest BCUT2D eigenvalue weighted by Gasteiger charge is -2.20. The van der Waals surface area contributed by atoms with Crippen LogP contribution in [-0.2, 0) is 4.79 Å². The van der Waals surface area contributed by atoms with Gasteiger partial charge < -0.3 is 10.0 Å². The predicted octanol–water partition coefficient (Wildman–Crippen LogP) is 1.67. The molecule has 1 atom stereocenters. The molecule has 1 heterocycles. The van der Waals surface area contributed by atoms with Crippen LogP contribution >= 0.6 is 0 Å². The van der Waals surface area contributed by atoms with Crippen LogP contribution in [0, 0.1) is 17.2 Å². The van der Waals surface area contributed by atoms with Gasteiger partial charge >= 0.3 is 5.97 Å². The number of aliphatic carboxylic acids is 1. The summed E-state index contributed by atoms with van der Waals surface area (Å²) in [5.41, 5.74) is 1.66. The number of rotatable bonds is 3. The fourth-order valence-electron chi connectivity index (χ4n) is 2.29. The quantitative estimate of drug-likeness (QED) is 0.834.